The summed E-state index contributed by atoms with van der Waals surface area (Å²) in [6, 6.07) is 22.8. The Balaban J connectivity index is 1.59. The summed E-state index contributed by atoms with van der Waals surface area (Å²) in [5.41, 5.74) is 2.96. The normalized spacial score (nSPS) is 12.9. The maximum atomic E-state index is 13.7. The van der Waals surface area contributed by atoms with E-state index in [0.29, 0.717) is 25.1 Å². The molecule has 0 bridgehead atoms. The lowest BCUT2D eigenvalue weighted by atomic mass is 10.0. The maximum absolute atomic E-state index is 13.7. The first-order valence-corrected chi connectivity index (χ1v) is 12.9. The van der Waals surface area contributed by atoms with Crippen LogP contribution in [-0.2, 0) is 29.0 Å². The third-order valence-electron chi connectivity index (χ3n) is 6.03. The Hall–Kier alpha value is -3.32. The van der Waals surface area contributed by atoms with Crippen LogP contribution in [0.3, 0.4) is 0 Å². The number of carbonyl (C=O) groups excluding carboxylic acids is 2. The Morgan fingerprint density at radius 2 is 1.61 bits per heavy atom. The van der Waals surface area contributed by atoms with E-state index in [2.05, 4.69) is 21.2 Å². The van der Waals surface area contributed by atoms with E-state index in [-0.39, 0.29) is 31.1 Å². The number of rotatable bonds is 10. The lowest BCUT2D eigenvalue weighted by molar-refractivity contribution is -0.141. The van der Waals surface area contributed by atoms with Crippen molar-refractivity contribution in [1.82, 2.24) is 10.2 Å². The van der Waals surface area contributed by atoms with E-state index in [4.69, 9.17) is 9.47 Å². The van der Waals surface area contributed by atoms with Crippen molar-refractivity contribution in [3.8, 4) is 11.5 Å². The van der Waals surface area contributed by atoms with Crippen molar-refractivity contribution in [2.24, 2.45) is 0 Å². The third-order valence-corrected chi connectivity index (χ3v) is 6.56. The quantitative estimate of drug-likeness (QED) is 0.373. The van der Waals surface area contributed by atoms with Crippen molar-refractivity contribution in [1.29, 1.82) is 0 Å². The molecular weight excluding hydrogens is 520 g/mol. The van der Waals surface area contributed by atoms with E-state index in [9.17, 15) is 9.59 Å². The Kier molecular flexibility index (Phi) is 8.65. The molecule has 1 heterocycles. The highest BCUT2D eigenvalue weighted by Crippen LogP contribution is 2.33. The molecule has 7 heteroatoms. The smallest absolute Gasteiger partial charge is 0.243 e. The van der Waals surface area contributed by atoms with E-state index in [1.165, 1.54) is 0 Å². The van der Waals surface area contributed by atoms with Crippen molar-refractivity contribution in [3.63, 3.8) is 0 Å². The van der Waals surface area contributed by atoms with Gasteiger partial charge >= 0.3 is 0 Å². The lowest BCUT2D eigenvalue weighted by Crippen LogP contribution is -2.51. The van der Waals surface area contributed by atoms with Crippen LogP contribution in [-0.4, -0.2) is 35.6 Å². The molecule has 1 N–H and O–H groups in total. The zero-order valence-corrected chi connectivity index (χ0v) is 22.2. The molecule has 0 unspecified atom stereocenters. The maximum Gasteiger partial charge on any atom is 0.243 e. The largest absolute Gasteiger partial charge is 0.454 e. The Morgan fingerprint density at radius 3 is 2.33 bits per heavy atom. The number of aryl methyl sites for hydroxylation is 1. The zero-order valence-electron chi connectivity index (χ0n) is 20.6. The first-order chi connectivity index (χ1) is 17.4. The van der Waals surface area contributed by atoms with E-state index in [0.717, 1.165) is 26.9 Å². The number of carbonyl (C=O) groups is 2. The molecule has 1 aliphatic heterocycles. The summed E-state index contributed by atoms with van der Waals surface area (Å²) in [6.07, 6.45) is 1.25. The molecule has 3 aromatic carbocycles. The molecule has 0 aromatic heterocycles. The highest BCUT2D eigenvalue weighted by molar-refractivity contribution is 9.10. The number of amides is 2. The first-order valence-electron chi connectivity index (χ1n) is 12.2. The molecule has 0 spiro atoms. The molecule has 36 heavy (non-hydrogen) atoms. The van der Waals surface area contributed by atoms with Gasteiger partial charge in [0.05, 0.1) is 0 Å². The second-order valence-corrected chi connectivity index (χ2v) is 10.1. The molecule has 1 aliphatic rings. The van der Waals surface area contributed by atoms with Crippen LogP contribution >= 0.6 is 15.9 Å². The van der Waals surface area contributed by atoms with Crippen LogP contribution in [0.25, 0.3) is 0 Å². The summed E-state index contributed by atoms with van der Waals surface area (Å²) in [5.74, 6) is 1.19. The Morgan fingerprint density at radius 1 is 0.917 bits per heavy atom. The second kappa shape index (κ2) is 12.1. The van der Waals surface area contributed by atoms with Gasteiger partial charge in [-0.25, -0.2) is 0 Å². The van der Waals surface area contributed by atoms with Gasteiger partial charge in [-0.1, -0.05) is 64.5 Å². The second-order valence-electron chi connectivity index (χ2n) is 9.20. The van der Waals surface area contributed by atoms with Crippen molar-refractivity contribution >= 4 is 27.7 Å². The zero-order chi connectivity index (χ0) is 25.5. The molecule has 4 rings (SSSR count). The highest BCUT2D eigenvalue weighted by atomic mass is 79.9. The summed E-state index contributed by atoms with van der Waals surface area (Å²) >= 11 is 3.47. The summed E-state index contributed by atoms with van der Waals surface area (Å²) in [7, 11) is 0. The molecule has 3 aromatic rings. The lowest BCUT2D eigenvalue weighted by Gasteiger charge is -2.32. The van der Waals surface area contributed by atoms with Crippen LogP contribution in [0.1, 0.15) is 37.0 Å². The van der Waals surface area contributed by atoms with Crippen molar-refractivity contribution in [2.75, 3.05) is 6.79 Å². The molecule has 0 saturated heterocycles. The van der Waals surface area contributed by atoms with E-state index in [1.807, 2.05) is 86.6 Å². The van der Waals surface area contributed by atoms with Gasteiger partial charge in [0.2, 0.25) is 18.6 Å². The molecule has 1 atom stereocenters. The van der Waals surface area contributed by atoms with Gasteiger partial charge < -0.3 is 19.7 Å². The number of nitrogens with one attached hydrogen (secondary N) is 1. The number of hydrogen-bond acceptors (Lipinski definition) is 4. The topological polar surface area (TPSA) is 67.9 Å². The van der Waals surface area contributed by atoms with Crippen LogP contribution in [0.2, 0.25) is 0 Å². The van der Waals surface area contributed by atoms with Crippen molar-refractivity contribution in [2.45, 2.75) is 51.7 Å². The van der Waals surface area contributed by atoms with Crippen molar-refractivity contribution < 1.29 is 19.1 Å². The fourth-order valence-electron chi connectivity index (χ4n) is 4.21. The number of halogens is 1. The van der Waals surface area contributed by atoms with Gasteiger partial charge in [-0.05, 0) is 61.2 Å². The fraction of sp³-hybridized carbons (Fsp3) is 0.310. The van der Waals surface area contributed by atoms with Crippen molar-refractivity contribution in [3.05, 3.63) is 94.0 Å². The van der Waals surface area contributed by atoms with E-state index in [1.54, 1.807) is 4.90 Å². The van der Waals surface area contributed by atoms with E-state index >= 15 is 0 Å². The Labute approximate surface area is 220 Å². The van der Waals surface area contributed by atoms with Crippen LogP contribution in [0.5, 0.6) is 11.5 Å². The van der Waals surface area contributed by atoms with Gasteiger partial charge in [-0.2, -0.15) is 0 Å². The molecule has 0 aliphatic carbocycles. The molecule has 6 nitrogen and oxygen atoms in total. The summed E-state index contributed by atoms with van der Waals surface area (Å²) in [4.78, 5) is 28.9. The van der Waals surface area contributed by atoms with Crippen LogP contribution < -0.4 is 14.8 Å². The van der Waals surface area contributed by atoms with Gasteiger partial charge in [-0.15, -0.1) is 0 Å². The highest BCUT2D eigenvalue weighted by Gasteiger charge is 2.30. The third kappa shape index (κ3) is 6.88. The van der Waals surface area contributed by atoms with Gasteiger partial charge in [0, 0.05) is 29.9 Å². The van der Waals surface area contributed by atoms with Crippen LogP contribution in [0.15, 0.2) is 77.3 Å². The predicted octanol–water partition coefficient (Wildman–Crippen LogP) is 5.28. The van der Waals surface area contributed by atoms with Gasteiger partial charge in [0.25, 0.3) is 0 Å². The van der Waals surface area contributed by atoms with Crippen LogP contribution in [0, 0.1) is 0 Å². The van der Waals surface area contributed by atoms with Gasteiger partial charge in [-0.3, -0.25) is 9.59 Å². The predicted molar refractivity (Wildman–Crippen MR) is 143 cm³/mol. The van der Waals surface area contributed by atoms with Gasteiger partial charge in [0.1, 0.15) is 6.04 Å². The molecule has 2 amide bonds. The molecule has 0 fully saturated rings. The summed E-state index contributed by atoms with van der Waals surface area (Å²) < 4.78 is 11.8. The molecule has 0 saturated carbocycles. The molecule has 0 radical (unpaired) electrons. The minimum absolute atomic E-state index is 0.0333. The first kappa shape index (κ1) is 25.8. The number of nitrogens with zero attached hydrogens (tertiary/aromatic N) is 1. The molecular formula is C29H31BrN2O4. The molecule has 188 valence electrons. The minimum Gasteiger partial charge on any atom is -0.454 e. The number of benzene rings is 3. The van der Waals surface area contributed by atoms with Gasteiger partial charge in [0.15, 0.2) is 11.5 Å². The monoisotopic (exact) mass is 550 g/mol. The average Bonchev–Trinajstić information content (AvgIpc) is 3.34. The average molecular weight is 551 g/mol. The number of hydrogen-bond donors (Lipinski definition) is 1. The standard InChI is InChI=1S/C29H31BrN2O4/c1-20(2)31-29(34)25(16-21-6-4-3-5-7-21)32(18-23-8-12-24(30)13-9-23)28(33)15-11-22-10-14-26-27(17-22)36-19-35-26/h3-10,12-14,17,20,25H,11,15-16,18-19H2,1-2H3,(H,31,34)/t25-/m0/s1. The summed E-state index contributed by atoms with van der Waals surface area (Å²) in [5, 5.41) is 3.02. The minimum atomic E-state index is -0.636. The number of fused-ring (bicyclic) bond motifs is 1. The Bertz CT molecular complexity index is 1180. The number of ether oxygens (including phenoxy) is 2. The SMILES string of the molecule is CC(C)NC(=O)[C@H](Cc1ccccc1)N(Cc1ccc(Br)cc1)C(=O)CCc1ccc2c(c1)OCO2. The fourth-order valence-corrected chi connectivity index (χ4v) is 4.48. The van der Waals surface area contributed by atoms with Crippen LogP contribution in [0.4, 0.5) is 0 Å². The summed E-state index contributed by atoms with van der Waals surface area (Å²) in [6.45, 7) is 4.41. The van der Waals surface area contributed by atoms with E-state index < -0.39 is 6.04 Å².